The summed E-state index contributed by atoms with van der Waals surface area (Å²) in [6.07, 6.45) is 2.37. The molecule has 1 unspecified atom stereocenters. The zero-order chi connectivity index (χ0) is 17.8. The highest BCUT2D eigenvalue weighted by molar-refractivity contribution is 7.15. The standard InChI is InChI=1S/C17H17ClN4O2S/c1-10-4-3-5-12(18)15(10)22-16(23)13-9-20-17(25-13)21-11-6-7-14(24-2)19-8-11/h3-9,16,22-23H,1-2H3,(H,20,21). The minimum atomic E-state index is -0.902. The molecule has 0 fully saturated rings. The number of aliphatic hydroxyl groups is 1. The predicted octanol–water partition coefficient (Wildman–Crippen LogP) is 4.36. The van der Waals surface area contributed by atoms with E-state index in [9.17, 15) is 5.11 Å². The summed E-state index contributed by atoms with van der Waals surface area (Å²) in [5.74, 6) is 0.542. The summed E-state index contributed by atoms with van der Waals surface area (Å²) >= 11 is 7.52. The number of benzene rings is 1. The topological polar surface area (TPSA) is 79.3 Å². The number of hydrogen-bond acceptors (Lipinski definition) is 7. The average Bonchev–Trinajstić information content (AvgIpc) is 3.07. The minimum absolute atomic E-state index is 0.542. The molecule has 3 rings (SSSR count). The molecular formula is C17H17ClN4O2S. The molecule has 0 radical (unpaired) electrons. The molecule has 0 bridgehead atoms. The Morgan fingerprint density at radius 3 is 2.72 bits per heavy atom. The van der Waals surface area contributed by atoms with Crippen molar-refractivity contribution in [2.75, 3.05) is 17.7 Å². The summed E-state index contributed by atoms with van der Waals surface area (Å²) in [6, 6.07) is 9.17. The number of ether oxygens (including phenoxy) is 1. The number of methoxy groups -OCH3 is 1. The Morgan fingerprint density at radius 2 is 2.04 bits per heavy atom. The van der Waals surface area contributed by atoms with Gasteiger partial charge in [-0.05, 0) is 24.6 Å². The number of halogens is 1. The third-order valence-corrected chi connectivity index (χ3v) is 4.77. The van der Waals surface area contributed by atoms with Gasteiger partial charge in [-0.1, -0.05) is 35.1 Å². The molecule has 1 aromatic carbocycles. The number of nitrogens with one attached hydrogen (secondary N) is 2. The minimum Gasteiger partial charge on any atom is -0.481 e. The van der Waals surface area contributed by atoms with Gasteiger partial charge in [0.15, 0.2) is 11.4 Å². The predicted molar refractivity (Wildman–Crippen MR) is 101 cm³/mol. The van der Waals surface area contributed by atoms with Gasteiger partial charge in [0.2, 0.25) is 5.88 Å². The van der Waals surface area contributed by atoms with Gasteiger partial charge in [-0.2, -0.15) is 0 Å². The first-order valence-electron chi connectivity index (χ1n) is 7.49. The lowest BCUT2D eigenvalue weighted by atomic mass is 10.2. The Morgan fingerprint density at radius 1 is 1.20 bits per heavy atom. The van der Waals surface area contributed by atoms with Crippen molar-refractivity contribution in [2.24, 2.45) is 0 Å². The molecule has 3 N–H and O–H groups in total. The molecule has 25 heavy (non-hydrogen) atoms. The van der Waals surface area contributed by atoms with Crippen molar-refractivity contribution in [3.8, 4) is 5.88 Å². The number of anilines is 3. The third kappa shape index (κ3) is 4.19. The monoisotopic (exact) mass is 376 g/mol. The molecule has 0 aliphatic carbocycles. The van der Waals surface area contributed by atoms with E-state index in [1.54, 1.807) is 31.6 Å². The van der Waals surface area contributed by atoms with Crippen molar-refractivity contribution in [3.63, 3.8) is 0 Å². The van der Waals surface area contributed by atoms with Gasteiger partial charge in [-0.25, -0.2) is 9.97 Å². The lowest BCUT2D eigenvalue weighted by Gasteiger charge is -2.15. The number of hydrogen-bond donors (Lipinski definition) is 3. The van der Waals surface area contributed by atoms with Crippen molar-refractivity contribution < 1.29 is 9.84 Å². The first kappa shape index (κ1) is 17.5. The van der Waals surface area contributed by atoms with Crippen LogP contribution >= 0.6 is 22.9 Å². The van der Waals surface area contributed by atoms with Gasteiger partial charge in [-0.15, -0.1) is 0 Å². The first-order chi connectivity index (χ1) is 12.1. The van der Waals surface area contributed by atoms with E-state index in [-0.39, 0.29) is 0 Å². The van der Waals surface area contributed by atoms with Crippen LogP contribution in [0.3, 0.4) is 0 Å². The number of aryl methyl sites for hydroxylation is 1. The summed E-state index contributed by atoms with van der Waals surface area (Å²) in [7, 11) is 1.57. The summed E-state index contributed by atoms with van der Waals surface area (Å²) in [5, 5.41) is 17.8. The van der Waals surface area contributed by atoms with Crippen molar-refractivity contribution in [3.05, 3.63) is 58.2 Å². The molecule has 1 atom stereocenters. The van der Waals surface area contributed by atoms with Crippen LogP contribution in [0.15, 0.2) is 42.7 Å². The summed E-state index contributed by atoms with van der Waals surface area (Å²) in [6.45, 7) is 1.93. The second-order valence-corrected chi connectivity index (χ2v) is 6.73. The third-order valence-electron chi connectivity index (χ3n) is 3.49. The number of nitrogens with zero attached hydrogens (tertiary/aromatic N) is 2. The highest BCUT2D eigenvalue weighted by atomic mass is 35.5. The van der Waals surface area contributed by atoms with Gasteiger partial charge >= 0.3 is 0 Å². The van der Waals surface area contributed by atoms with Crippen molar-refractivity contribution in [1.29, 1.82) is 0 Å². The summed E-state index contributed by atoms with van der Waals surface area (Å²) in [4.78, 5) is 9.07. The number of thiazole rings is 1. The van der Waals surface area contributed by atoms with E-state index >= 15 is 0 Å². The van der Waals surface area contributed by atoms with E-state index in [0.717, 1.165) is 11.3 Å². The smallest absolute Gasteiger partial charge is 0.213 e. The molecule has 0 amide bonds. The molecule has 0 spiro atoms. The van der Waals surface area contributed by atoms with Gasteiger partial charge in [0.1, 0.15) is 0 Å². The van der Waals surface area contributed by atoms with E-state index in [2.05, 4.69) is 20.6 Å². The number of pyridine rings is 1. The molecular weight excluding hydrogens is 360 g/mol. The summed E-state index contributed by atoms with van der Waals surface area (Å²) in [5.41, 5.74) is 2.45. The number of aliphatic hydroxyl groups excluding tert-OH is 1. The summed E-state index contributed by atoms with van der Waals surface area (Å²) < 4.78 is 5.03. The molecule has 2 heterocycles. The molecule has 0 aliphatic rings. The van der Waals surface area contributed by atoms with Crippen LogP contribution in [0.4, 0.5) is 16.5 Å². The number of aromatic nitrogens is 2. The fourth-order valence-corrected chi connectivity index (χ4v) is 3.24. The van der Waals surface area contributed by atoms with E-state index in [0.29, 0.717) is 26.6 Å². The van der Waals surface area contributed by atoms with E-state index in [1.165, 1.54) is 11.3 Å². The number of para-hydroxylation sites is 1. The van der Waals surface area contributed by atoms with Crippen LogP contribution in [0.2, 0.25) is 5.02 Å². The maximum atomic E-state index is 10.4. The van der Waals surface area contributed by atoms with Gasteiger partial charge in [0, 0.05) is 12.3 Å². The quantitative estimate of drug-likeness (QED) is 0.555. The highest BCUT2D eigenvalue weighted by Crippen LogP contribution is 2.31. The Hall–Kier alpha value is -2.35. The zero-order valence-electron chi connectivity index (χ0n) is 13.7. The van der Waals surface area contributed by atoms with Gasteiger partial charge in [-0.3, -0.25) is 0 Å². The Bertz CT molecular complexity index is 834. The van der Waals surface area contributed by atoms with Gasteiger partial charge < -0.3 is 20.5 Å². The molecule has 3 aromatic rings. The molecule has 8 heteroatoms. The van der Waals surface area contributed by atoms with Crippen molar-refractivity contribution in [2.45, 2.75) is 13.2 Å². The first-order valence-corrected chi connectivity index (χ1v) is 8.69. The van der Waals surface area contributed by atoms with E-state index in [4.69, 9.17) is 16.3 Å². The molecule has 2 aromatic heterocycles. The number of rotatable bonds is 6. The average molecular weight is 377 g/mol. The Kier molecular flexibility index (Phi) is 5.37. The zero-order valence-corrected chi connectivity index (χ0v) is 15.2. The molecule has 130 valence electrons. The second-order valence-electron chi connectivity index (χ2n) is 5.26. The van der Waals surface area contributed by atoms with Gasteiger partial charge in [0.05, 0.1) is 34.6 Å². The van der Waals surface area contributed by atoms with Crippen LogP contribution in [-0.2, 0) is 0 Å². The van der Waals surface area contributed by atoms with Crippen LogP contribution in [0.5, 0.6) is 5.88 Å². The van der Waals surface area contributed by atoms with Crippen LogP contribution in [-0.4, -0.2) is 22.2 Å². The largest absolute Gasteiger partial charge is 0.481 e. The fraction of sp³-hybridized carbons (Fsp3) is 0.176. The van der Waals surface area contributed by atoms with Crippen molar-refractivity contribution in [1.82, 2.24) is 9.97 Å². The van der Waals surface area contributed by atoms with Crippen LogP contribution in [0, 0.1) is 6.92 Å². The Labute approximate surface area is 154 Å². The van der Waals surface area contributed by atoms with Crippen LogP contribution in [0.25, 0.3) is 0 Å². The lowest BCUT2D eigenvalue weighted by Crippen LogP contribution is -2.09. The Balaban J connectivity index is 1.69. The fourth-order valence-electron chi connectivity index (χ4n) is 2.19. The molecule has 0 saturated carbocycles. The van der Waals surface area contributed by atoms with Crippen LogP contribution < -0.4 is 15.4 Å². The molecule has 0 aliphatic heterocycles. The van der Waals surface area contributed by atoms with E-state index < -0.39 is 6.23 Å². The molecule has 0 saturated heterocycles. The molecule has 6 nitrogen and oxygen atoms in total. The normalized spacial score (nSPS) is 11.8. The second kappa shape index (κ2) is 7.69. The van der Waals surface area contributed by atoms with Gasteiger partial charge in [0.25, 0.3) is 0 Å². The maximum Gasteiger partial charge on any atom is 0.213 e. The van der Waals surface area contributed by atoms with Crippen molar-refractivity contribution >= 4 is 39.4 Å². The van der Waals surface area contributed by atoms with Crippen LogP contribution in [0.1, 0.15) is 16.7 Å². The maximum absolute atomic E-state index is 10.4. The highest BCUT2D eigenvalue weighted by Gasteiger charge is 2.14. The van der Waals surface area contributed by atoms with E-state index in [1.807, 2.05) is 25.1 Å². The SMILES string of the molecule is COc1ccc(Nc2ncc(C(O)Nc3c(C)cccc3Cl)s2)cn1. The lowest BCUT2D eigenvalue weighted by molar-refractivity contribution is 0.212.